The summed E-state index contributed by atoms with van der Waals surface area (Å²) >= 11 is 6.82. The van der Waals surface area contributed by atoms with Gasteiger partial charge in [0.15, 0.2) is 5.16 Å². The van der Waals surface area contributed by atoms with E-state index in [1.54, 1.807) is 16.7 Å². The Morgan fingerprint density at radius 2 is 1.88 bits per heavy atom. The summed E-state index contributed by atoms with van der Waals surface area (Å²) in [7, 11) is 0. The van der Waals surface area contributed by atoms with Crippen LogP contribution in [0.4, 0.5) is 20.2 Å². The first-order valence-electron chi connectivity index (χ1n) is 9.32. The molecule has 0 aliphatic rings. The van der Waals surface area contributed by atoms with Gasteiger partial charge in [-0.15, -0.1) is 16.8 Å². The van der Waals surface area contributed by atoms with E-state index in [0.717, 1.165) is 17.8 Å². The molecular weight excluding hydrogens is 460 g/mol. The molecule has 32 heavy (non-hydrogen) atoms. The zero-order valence-electron chi connectivity index (χ0n) is 16.6. The molecular formula is C21H18ClF2N5O2S. The fourth-order valence-corrected chi connectivity index (χ4v) is 3.62. The number of carbonyl (C=O) groups excluding carboxylic acids is 2. The molecule has 0 aliphatic carbocycles. The Kier molecular flexibility index (Phi) is 7.96. The summed E-state index contributed by atoms with van der Waals surface area (Å²) in [4.78, 5) is 24.6. The average Bonchev–Trinajstić information content (AvgIpc) is 3.12. The molecule has 166 valence electrons. The lowest BCUT2D eigenvalue weighted by molar-refractivity contribution is -0.116. The van der Waals surface area contributed by atoms with Gasteiger partial charge in [0.2, 0.25) is 11.8 Å². The number of para-hydroxylation sites is 1. The van der Waals surface area contributed by atoms with Crippen LogP contribution in [0, 0.1) is 11.6 Å². The van der Waals surface area contributed by atoms with E-state index in [1.807, 2.05) is 0 Å². The minimum absolute atomic E-state index is 0.00824. The topological polar surface area (TPSA) is 88.9 Å². The van der Waals surface area contributed by atoms with Gasteiger partial charge in [0.25, 0.3) is 0 Å². The molecule has 11 heteroatoms. The second-order valence-electron chi connectivity index (χ2n) is 6.47. The fraction of sp³-hybridized carbons (Fsp3) is 0.143. The standard InChI is InChI=1S/C21H18ClF2N5O2S/c1-2-9-29-18(11-19(30)26-17-6-4-3-5-16(17)24)27-28-21(29)32-12-20(31)25-13-7-8-15(23)14(22)10-13/h2-8,10H,1,9,11-12H2,(H,25,31)(H,26,30). The molecule has 2 N–H and O–H groups in total. The third-order valence-corrected chi connectivity index (χ3v) is 5.36. The van der Waals surface area contributed by atoms with E-state index in [1.165, 1.54) is 30.3 Å². The highest BCUT2D eigenvalue weighted by Gasteiger charge is 2.17. The molecule has 7 nitrogen and oxygen atoms in total. The van der Waals surface area contributed by atoms with Crippen molar-refractivity contribution in [2.45, 2.75) is 18.1 Å². The second kappa shape index (κ2) is 10.9. The zero-order valence-corrected chi connectivity index (χ0v) is 18.2. The number of rotatable bonds is 9. The number of halogens is 3. The van der Waals surface area contributed by atoms with Crippen LogP contribution in [0.25, 0.3) is 0 Å². The van der Waals surface area contributed by atoms with Gasteiger partial charge in [0.05, 0.1) is 22.9 Å². The number of carbonyl (C=O) groups is 2. The van der Waals surface area contributed by atoms with E-state index >= 15 is 0 Å². The Bertz CT molecular complexity index is 1150. The van der Waals surface area contributed by atoms with Crippen molar-refractivity contribution < 1.29 is 18.4 Å². The van der Waals surface area contributed by atoms with E-state index in [0.29, 0.717) is 23.2 Å². The van der Waals surface area contributed by atoms with Crippen LogP contribution in [0.5, 0.6) is 0 Å². The van der Waals surface area contributed by atoms with Crippen LogP contribution in [0.15, 0.2) is 60.3 Å². The number of allylic oxidation sites excluding steroid dienone is 1. The number of nitrogens with one attached hydrogen (secondary N) is 2. The van der Waals surface area contributed by atoms with Gasteiger partial charge in [-0.1, -0.05) is 41.6 Å². The summed E-state index contributed by atoms with van der Waals surface area (Å²) in [6.07, 6.45) is 1.46. The predicted octanol–water partition coefficient (Wildman–Crippen LogP) is 4.31. The first kappa shape index (κ1) is 23.4. The van der Waals surface area contributed by atoms with Gasteiger partial charge in [-0.2, -0.15) is 0 Å². The van der Waals surface area contributed by atoms with Gasteiger partial charge in [0.1, 0.15) is 17.5 Å². The maximum absolute atomic E-state index is 13.7. The lowest BCUT2D eigenvalue weighted by atomic mass is 10.3. The molecule has 0 atom stereocenters. The maximum atomic E-state index is 13.7. The lowest BCUT2D eigenvalue weighted by Gasteiger charge is -2.09. The molecule has 3 aromatic rings. The molecule has 0 unspecified atom stereocenters. The SMILES string of the molecule is C=CCn1c(CC(=O)Nc2ccccc2F)nnc1SCC(=O)Nc1ccc(F)c(Cl)c1. The highest BCUT2D eigenvalue weighted by atomic mass is 35.5. The Morgan fingerprint density at radius 3 is 2.59 bits per heavy atom. The first-order valence-corrected chi connectivity index (χ1v) is 10.7. The molecule has 2 aromatic carbocycles. The van der Waals surface area contributed by atoms with Crippen molar-refractivity contribution in [3.8, 4) is 0 Å². The van der Waals surface area contributed by atoms with Crippen LogP contribution in [0.1, 0.15) is 5.82 Å². The van der Waals surface area contributed by atoms with Crippen molar-refractivity contribution in [3.63, 3.8) is 0 Å². The molecule has 0 bridgehead atoms. The summed E-state index contributed by atoms with van der Waals surface area (Å²) in [5, 5.41) is 13.5. The van der Waals surface area contributed by atoms with Gasteiger partial charge >= 0.3 is 0 Å². The Morgan fingerprint density at radius 1 is 1.09 bits per heavy atom. The number of thioether (sulfide) groups is 1. The van der Waals surface area contributed by atoms with Crippen LogP contribution >= 0.6 is 23.4 Å². The van der Waals surface area contributed by atoms with Gasteiger partial charge in [-0.05, 0) is 30.3 Å². The van der Waals surface area contributed by atoms with Gasteiger partial charge in [-0.25, -0.2) is 8.78 Å². The molecule has 0 spiro atoms. The van der Waals surface area contributed by atoms with E-state index in [4.69, 9.17) is 11.6 Å². The molecule has 0 radical (unpaired) electrons. The van der Waals surface area contributed by atoms with E-state index in [9.17, 15) is 18.4 Å². The minimum atomic E-state index is -0.580. The van der Waals surface area contributed by atoms with Crippen molar-refractivity contribution in [1.82, 2.24) is 14.8 Å². The van der Waals surface area contributed by atoms with E-state index in [2.05, 4.69) is 27.4 Å². The number of hydrogen-bond donors (Lipinski definition) is 2. The third-order valence-electron chi connectivity index (χ3n) is 4.11. The van der Waals surface area contributed by atoms with E-state index in [-0.39, 0.29) is 28.8 Å². The molecule has 1 aromatic heterocycles. The van der Waals surface area contributed by atoms with Gasteiger partial charge in [0, 0.05) is 12.2 Å². The largest absolute Gasteiger partial charge is 0.325 e. The summed E-state index contributed by atoms with van der Waals surface area (Å²) in [6, 6.07) is 9.70. The highest BCUT2D eigenvalue weighted by molar-refractivity contribution is 7.99. The minimum Gasteiger partial charge on any atom is -0.325 e. The zero-order chi connectivity index (χ0) is 23.1. The van der Waals surface area contributed by atoms with Crippen molar-refractivity contribution in [1.29, 1.82) is 0 Å². The average molecular weight is 478 g/mol. The lowest BCUT2D eigenvalue weighted by Crippen LogP contribution is -2.18. The van der Waals surface area contributed by atoms with Crippen molar-refractivity contribution in [3.05, 3.63) is 77.6 Å². The number of nitrogens with zero attached hydrogens (tertiary/aromatic N) is 3. The van der Waals surface area contributed by atoms with Crippen molar-refractivity contribution in [2.24, 2.45) is 0 Å². The summed E-state index contributed by atoms with van der Waals surface area (Å²) in [6.45, 7) is 4.00. The van der Waals surface area contributed by atoms with Crippen molar-refractivity contribution in [2.75, 3.05) is 16.4 Å². The maximum Gasteiger partial charge on any atom is 0.234 e. The highest BCUT2D eigenvalue weighted by Crippen LogP contribution is 2.21. The first-order chi connectivity index (χ1) is 15.4. The summed E-state index contributed by atoms with van der Waals surface area (Å²) in [5.41, 5.74) is 0.430. The van der Waals surface area contributed by atoms with Crippen LogP contribution in [0.2, 0.25) is 5.02 Å². The van der Waals surface area contributed by atoms with Crippen molar-refractivity contribution >= 4 is 46.6 Å². The van der Waals surface area contributed by atoms with E-state index < -0.39 is 17.5 Å². The third kappa shape index (κ3) is 6.14. The number of anilines is 2. The molecule has 2 amide bonds. The quantitative estimate of drug-likeness (QED) is 0.354. The van der Waals surface area contributed by atoms with Crippen LogP contribution in [-0.2, 0) is 22.6 Å². The molecule has 0 saturated carbocycles. The number of hydrogen-bond acceptors (Lipinski definition) is 5. The molecule has 3 rings (SSSR count). The van der Waals surface area contributed by atoms with Crippen LogP contribution < -0.4 is 10.6 Å². The number of aromatic nitrogens is 3. The predicted molar refractivity (Wildman–Crippen MR) is 120 cm³/mol. The fourth-order valence-electron chi connectivity index (χ4n) is 2.67. The molecule has 1 heterocycles. The summed E-state index contributed by atoms with van der Waals surface area (Å²) < 4.78 is 28.6. The van der Waals surface area contributed by atoms with Gasteiger partial charge in [-0.3, -0.25) is 9.59 Å². The number of amides is 2. The second-order valence-corrected chi connectivity index (χ2v) is 7.82. The Hall–Kier alpha value is -3.24. The van der Waals surface area contributed by atoms with Crippen LogP contribution in [0.3, 0.4) is 0 Å². The summed E-state index contributed by atoms with van der Waals surface area (Å²) in [5.74, 6) is -1.61. The monoisotopic (exact) mass is 477 g/mol. The molecule has 0 aliphatic heterocycles. The molecule has 0 saturated heterocycles. The Labute approximate surface area is 191 Å². The number of benzene rings is 2. The van der Waals surface area contributed by atoms with Gasteiger partial charge < -0.3 is 15.2 Å². The normalized spacial score (nSPS) is 10.6. The Balaban J connectivity index is 1.62. The molecule has 0 fully saturated rings. The van der Waals surface area contributed by atoms with Crippen LogP contribution in [-0.4, -0.2) is 32.3 Å². The smallest absolute Gasteiger partial charge is 0.234 e.